The van der Waals surface area contributed by atoms with Gasteiger partial charge in [-0.25, -0.2) is 9.59 Å². The van der Waals surface area contributed by atoms with Gasteiger partial charge in [0.25, 0.3) is 0 Å². The van der Waals surface area contributed by atoms with E-state index in [2.05, 4.69) is 51.2 Å². The van der Waals surface area contributed by atoms with Crippen LogP contribution in [-0.2, 0) is 28.2 Å². The molecule has 4 aromatic heterocycles. The van der Waals surface area contributed by atoms with Crippen molar-refractivity contribution in [2.45, 2.75) is 0 Å². The van der Waals surface area contributed by atoms with Crippen molar-refractivity contribution in [3.63, 3.8) is 0 Å². The van der Waals surface area contributed by atoms with Crippen LogP contribution in [0, 0.1) is 9.54 Å². The lowest BCUT2D eigenvalue weighted by molar-refractivity contribution is 0.327. The summed E-state index contributed by atoms with van der Waals surface area (Å²) in [5.74, 6) is 9.13. The molecule has 8 heterocycles. The van der Waals surface area contributed by atoms with E-state index in [1.54, 1.807) is 72.3 Å². The normalized spacial score (nSPS) is 11.7. The lowest BCUT2D eigenvalue weighted by Gasteiger charge is -2.23. The van der Waals surface area contributed by atoms with Crippen molar-refractivity contribution in [2.24, 2.45) is 72.6 Å². The smallest absolute Gasteiger partial charge is 0.349 e. The summed E-state index contributed by atoms with van der Waals surface area (Å²) in [6, 6.07) is 21.9. The fourth-order valence-corrected chi connectivity index (χ4v) is 8.34. The van der Waals surface area contributed by atoms with Gasteiger partial charge in [-0.2, -0.15) is 19.9 Å². The van der Waals surface area contributed by atoms with Crippen molar-refractivity contribution in [2.75, 3.05) is 73.9 Å². The molecule has 16 N–H and O–H groups in total. The molecule has 0 saturated heterocycles. The van der Waals surface area contributed by atoms with Gasteiger partial charge in [0.2, 0.25) is 9.54 Å². The second-order valence-electron chi connectivity index (χ2n) is 18.4. The van der Waals surface area contributed by atoms with E-state index in [1.807, 2.05) is 62.6 Å². The van der Waals surface area contributed by atoms with Crippen LogP contribution in [0.5, 0.6) is 69.0 Å². The molecule has 32 heteroatoms. The second-order valence-corrected chi connectivity index (χ2v) is 19.1. The van der Waals surface area contributed by atoms with Crippen LogP contribution in [0.4, 0.5) is 46.0 Å². The maximum absolute atomic E-state index is 11.6. The summed E-state index contributed by atoms with van der Waals surface area (Å²) in [6.45, 7) is 3.05. The maximum atomic E-state index is 11.6. The largest absolute Gasteiger partial charge is 0.490 e. The number of aromatic nitrogens is 8. The summed E-state index contributed by atoms with van der Waals surface area (Å²) in [5, 5.41) is 12.5. The zero-order valence-corrected chi connectivity index (χ0v) is 48.4. The predicted molar refractivity (Wildman–Crippen MR) is 328 cm³/mol. The molecule has 448 valence electrons. The van der Waals surface area contributed by atoms with E-state index in [4.69, 9.17) is 96.7 Å². The SMILES string of the molecule is Cn1cc2c(nc1=O)Nc1c(OCCN)cccc1O2.Cn1cc2c(nc1=O)Nc1c(OCCN=C(N)N)cccc1O2.Cn1cc2c(nc1=S)Nc1c(OCCN)cccc1O2.Cn1cc2c(nc1=S)Nc1c(OCCN=C(N)N)cccc1O2. The summed E-state index contributed by atoms with van der Waals surface area (Å²) < 4.78 is 52.8. The van der Waals surface area contributed by atoms with Gasteiger partial charge in [0.15, 0.2) is 81.2 Å². The number of benzene rings is 4. The summed E-state index contributed by atoms with van der Waals surface area (Å²) >= 11 is 10.3. The molecule has 0 unspecified atom stereocenters. The highest BCUT2D eigenvalue weighted by atomic mass is 32.1. The van der Waals surface area contributed by atoms with E-state index in [9.17, 15) is 9.59 Å². The highest BCUT2D eigenvalue weighted by Gasteiger charge is 2.26. The minimum atomic E-state index is -0.380. The van der Waals surface area contributed by atoms with Crippen molar-refractivity contribution < 1.29 is 37.9 Å². The average Bonchev–Trinajstić information content (AvgIpc) is 1.26. The van der Waals surface area contributed by atoms with Gasteiger partial charge in [-0.15, -0.1) is 0 Å². The lowest BCUT2D eigenvalue weighted by atomic mass is 10.2. The van der Waals surface area contributed by atoms with Gasteiger partial charge in [0.1, 0.15) is 72.2 Å². The van der Waals surface area contributed by atoms with Crippen molar-refractivity contribution in [1.82, 2.24) is 38.2 Å². The number of aliphatic imine (C=N–C) groups is 2. The average molecular weight is 1210 g/mol. The number of guanidine groups is 2. The summed E-state index contributed by atoms with van der Waals surface area (Å²) in [5.41, 5.74) is 33.9. The van der Waals surface area contributed by atoms with Gasteiger partial charge in [0, 0.05) is 41.3 Å². The first-order valence-corrected chi connectivity index (χ1v) is 26.9. The molecule has 0 saturated carbocycles. The Balaban J connectivity index is 0.000000137. The van der Waals surface area contributed by atoms with Crippen LogP contribution in [0.15, 0.2) is 117 Å². The van der Waals surface area contributed by atoms with Crippen molar-refractivity contribution in [1.29, 1.82) is 0 Å². The number of fused-ring (bicyclic) bond motifs is 8. The first-order valence-electron chi connectivity index (χ1n) is 26.1. The molecular weight excluding hydrogens is 1150 g/mol. The van der Waals surface area contributed by atoms with Crippen LogP contribution in [0.2, 0.25) is 0 Å². The van der Waals surface area contributed by atoms with Gasteiger partial charge in [-0.1, -0.05) is 24.3 Å². The number of hydrogen-bond donors (Lipinski definition) is 10. The molecule has 12 rings (SSSR count). The molecule has 0 bridgehead atoms. The maximum Gasteiger partial charge on any atom is 0.349 e. The number of nitrogens with zero attached hydrogens (tertiary/aromatic N) is 10. The molecule has 0 spiro atoms. The number of rotatable bonds is 14. The molecule has 0 atom stereocenters. The number of ether oxygens (including phenoxy) is 8. The van der Waals surface area contributed by atoms with Gasteiger partial charge in [-0.05, 0) is 73.0 Å². The Morgan fingerprint density at radius 1 is 0.442 bits per heavy atom. The molecule has 0 radical (unpaired) electrons. The molecule has 0 fully saturated rings. The van der Waals surface area contributed by atoms with E-state index < -0.39 is 0 Å². The second kappa shape index (κ2) is 27.1. The fourth-order valence-electron chi connectivity index (χ4n) is 8.05. The van der Waals surface area contributed by atoms with E-state index in [0.29, 0.717) is 171 Å². The Morgan fingerprint density at radius 2 is 0.721 bits per heavy atom. The molecule has 86 heavy (non-hydrogen) atoms. The minimum Gasteiger partial charge on any atom is -0.490 e. The quantitative estimate of drug-likeness (QED) is 0.0288. The van der Waals surface area contributed by atoms with Crippen LogP contribution < -0.4 is 105 Å². The van der Waals surface area contributed by atoms with Crippen LogP contribution in [-0.4, -0.2) is 103 Å². The number of nitrogens with two attached hydrogens (primary N) is 6. The molecule has 0 aliphatic carbocycles. The zero-order chi connectivity index (χ0) is 61.0. The Kier molecular flexibility index (Phi) is 18.9. The number of hydrogen-bond acceptors (Lipinski definition) is 24. The van der Waals surface area contributed by atoms with Crippen molar-refractivity contribution >= 4 is 82.4 Å². The van der Waals surface area contributed by atoms with Crippen molar-refractivity contribution in [3.8, 4) is 69.0 Å². The molecule has 30 nitrogen and oxygen atoms in total. The Morgan fingerprint density at radius 3 is 1.01 bits per heavy atom. The molecule has 4 aromatic carbocycles. The van der Waals surface area contributed by atoms with Gasteiger partial charge >= 0.3 is 11.4 Å². The molecular formula is C54H60N20O10S2. The lowest BCUT2D eigenvalue weighted by Crippen LogP contribution is -2.24. The number of para-hydroxylation sites is 4. The topological polar surface area (TPSA) is 408 Å². The molecule has 0 amide bonds. The van der Waals surface area contributed by atoms with Crippen LogP contribution in [0.25, 0.3) is 0 Å². The highest BCUT2D eigenvalue weighted by Crippen LogP contribution is 2.49. The third kappa shape index (κ3) is 14.4. The fraction of sp³-hybridized carbons (Fsp3) is 0.222. The summed E-state index contributed by atoms with van der Waals surface area (Å²) in [6.07, 6.45) is 6.75. The number of anilines is 8. The van der Waals surface area contributed by atoms with Gasteiger partial charge in [-0.3, -0.25) is 19.1 Å². The van der Waals surface area contributed by atoms with E-state index in [-0.39, 0.29) is 23.3 Å². The zero-order valence-electron chi connectivity index (χ0n) is 46.7. The number of aryl methyl sites for hydroxylation is 4. The van der Waals surface area contributed by atoms with Gasteiger partial charge < -0.3 is 103 Å². The minimum absolute atomic E-state index is 0.0131. The van der Waals surface area contributed by atoms with Gasteiger partial charge in [0.05, 0.1) is 37.9 Å². The Hall–Kier alpha value is -10.7. The third-order valence-electron chi connectivity index (χ3n) is 12.1. The summed E-state index contributed by atoms with van der Waals surface area (Å²) in [7, 11) is 6.87. The van der Waals surface area contributed by atoms with E-state index >= 15 is 0 Å². The Labute approximate surface area is 500 Å². The standard InChI is InChI=1S/C14H16N6O3.C14H16N6O2S.C13H14N4O3.C13H14N4O2S/c1-20-7-10-12(19-14(20)21)18-11-8(3-2-4-9(11)23-10)22-6-5-17-13(15)16;1-20-7-10-12(19-14(20)23)18-11-8(3-2-4-9(11)22-10)21-6-5-17-13(15)16;1-17-7-10-12(16-13(17)18)15-11-8(19-6-5-14)3-2-4-9(11)20-10;1-17-7-10-12(16-13(17)20)15-11-8(18-6-5-14)3-2-4-9(11)19-10/h2-4,7H,5-6H2,1H3,(H4,15,16,17)(H,18,19,21);2-4,7H,5-6H2,1H3,(H4,15,16,17)(H,18,19,23);2-4,7H,5-6,14H2,1H3,(H,15,16,18);2-4,7H,5-6,14H2,1H3,(H,15,16,20). The molecule has 8 aromatic rings. The highest BCUT2D eigenvalue weighted by molar-refractivity contribution is 7.71. The monoisotopic (exact) mass is 1210 g/mol. The van der Waals surface area contributed by atoms with E-state index in [0.717, 1.165) is 5.69 Å². The molecule has 4 aliphatic heterocycles. The van der Waals surface area contributed by atoms with Crippen molar-refractivity contribution in [3.05, 3.63) is 128 Å². The molecule has 4 aliphatic rings. The van der Waals surface area contributed by atoms with Crippen LogP contribution >= 0.6 is 24.4 Å². The van der Waals surface area contributed by atoms with Crippen LogP contribution in [0.3, 0.4) is 0 Å². The predicted octanol–water partition coefficient (Wildman–Crippen LogP) is 5.24. The van der Waals surface area contributed by atoms with Crippen LogP contribution in [0.1, 0.15) is 0 Å². The first-order chi connectivity index (χ1) is 41.5. The van der Waals surface area contributed by atoms with E-state index in [1.165, 1.54) is 9.13 Å². The summed E-state index contributed by atoms with van der Waals surface area (Å²) in [4.78, 5) is 47.4. The Bertz CT molecular complexity index is 3870. The number of nitrogens with one attached hydrogen (secondary N) is 4. The first kappa shape index (κ1) is 59.9. The third-order valence-corrected chi connectivity index (χ3v) is 12.8.